The largest absolute Gasteiger partial charge is 0.352 e. The zero-order valence-corrected chi connectivity index (χ0v) is 16.0. The summed E-state index contributed by atoms with van der Waals surface area (Å²) in [4.78, 5) is 7.11. The normalized spacial score (nSPS) is 24.1. The third-order valence-corrected chi connectivity index (χ3v) is 6.32. The molecule has 0 radical (unpaired) electrons. The fraction of sp³-hybridized carbons (Fsp3) is 0.500. The van der Waals surface area contributed by atoms with Crippen LogP contribution in [0.3, 0.4) is 0 Å². The van der Waals surface area contributed by atoms with Gasteiger partial charge in [-0.1, -0.05) is 18.9 Å². The van der Waals surface area contributed by atoms with E-state index >= 15 is 0 Å². The van der Waals surface area contributed by atoms with Crippen molar-refractivity contribution in [1.82, 2.24) is 19.8 Å². The fourth-order valence-electron chi connectivity index (χ4n) is 4.46. The van der Waals surface area contributed by atoms with E-state index in [1.54, 1.807) is 0 Å². The molecule has 0 bridgehead atoms. The monoisotopic (exact) mass is 354 g/mol. The Morgan fingerprint density at radius 2 is 1.96 bits per heavy atom. The van der Waals surface area contributed by atoms with E-state index in [0.717, 1.165) is 10.8 Å². The van der Waals surface area contributed by atoms with Crippen molar-refractivity contribution >= 4 is 17.3 Å². The first kappa shape index (κ1) is 16.6. The van der Waals surface area contributed by atoms with Gasteiger partial charge in [-0.25, -0.2) is 0 Å². The molecule has 0 aromatic carbocycles. The molecule has 0 spiro atoms. The summed E-state index contributed by atoms with van der Waals surface area (Å²) < 4.78 is 2.28. The lowest BCUT2D eigenvalue weighted by Gasteiger charge is -2.33. The third kappa shape index (κ3) is 2.74. The van der Waals surface area contributed by atoms with Crippen molar-refractivity contribution in [2.24, 2.45) is 7.05 Å². The topological polar surface area (TPSA) is 33.1 Å². The highest BCUT2D eigenvalue weighted by Gasteiger charge is 2.44. The fourth-order valence-corrected chi connectivity index (χ4v) is 4.85. The highest BCUT2D eigenvalue weighted by Crippen LogP contribution is 2.44. The van der Waals surface area contributed by atoms with Gasteiger partial charge in [-0.05, 0) is 62.7 Å². The molecule has 1 aliphatic heterocycles. The predicted molar refractivity (Wildman–Crippen MR) is 104 cm³/mol. The molecule has 2 aromatic rings. The second kappa shape index (κ2) is 6.45. The van der Waals surface area contributed by atoms with E-state index in [9.17, 15) is 0 Å². The van der Waals surface area contributed by atoms with Crippen molar-refractivity contribution in [2.45, 2.75) is 57.7 Å². The number of aryl methyl sites for hydroxylation is 1. The molecule has 2 fully saturated rings. The summed E-state index contributed by atoms with van der Waals surface area (Å²) in [7, 11) is 2.14. The Hall–Kier alpha value is -1.88. The lowest BCUT2D eigenvalue weighted by molar-refractivity contribution is 0.245. The highest BCUT2D eigenvalue weighted by molar-refractivity contribution is 7.80. The van der Waals surface area contributed by atoms with Gasteiger partial charge in [0, 0.05) is 30.7 Å². The van der Waals surface area contributed by atoms with Crippen molar-refractivity contribution in [3.8, 4) is 0 Å². The van der Waals surface area contributed by atoms with Gasteiger partial charge in [0.15, 0.2) is 5.11 Å². The van der Waals surface area contributed by atoms with Crippen molar-refractivity contribution < 1.29 is 0 Å². The van der Waals surface area contributed by atoms with Crippen LogP contribution in [0.25, 0.3) is 0 Å². The summed E-state index contributed by atoms with van der Waals surface area (Å²) in [5.41, 5.74) is 5.04. The molecule has 1 saturated heterocycles. The molecule has 132 valence electrons. The quantitative estimate of drug-likeness (QED) is 0.846. The lowest BCUT2D eigenvalue weighted by atomic mass is 9.95. The Kier molecular flexibility index (Phi) is 4.28. The van der Waals surface area contributed by atoms with Crippen molar-refractivity contribution in [1.29, 1.82) is 0 Å². The molecule has 25 heavy (non-hydrogen) atoms. The number of rotatable bonds is 3. The minimum atomic E-state index is 0.106. The molecule has 1 N–H and O–H groups in total. The molecule has 1 saturated carbocycles. The summed E-state index contributed by atoms with van der Waals surface area (Å²) in [5, 5.41) is 4.47. The predicted octanol–water partition coefficient (Wildman–Crippen LogP) is 3.95. The Labute approximate surface area is 155 Å². The molecule has 0 unspecified atom stereocenters. The average Bonchev–Trinajstić information content (AvgIpc) is 3.31. The summed E-state index contributed by atoms with van der Waals surface area (Å²) in [5.74, 6) is 0. The van der Waals surface area contributed by atoms with Crippen LogP contribution in [0.5, 0.6) is 0 Å². The van der Waals surface area contributed by atoms with Gasteiger partial charge in [0.05, 0.1) is 17.8 Å². The zero-order valence-electron chi connectivity index (χ0n) is 15.2. The standard InChI is InChI=1S/C20H26N4S/c1-13-12-16(14(2)23(13)3)19-18(17-10-6-7-11-21-17)22-20(25)24(19)15-8-4-5-9-15/h6-7,10-12,15,18-19H,4-5,8-9H2,1-3H3,(H,22,25)/t18-,19-/m0/s1. The van der Waals surface area contributed by atoms with Crippen LogP contribution >= 0.6 is 12.2 Å². The van der Waals surface area contributed by atoms with Crippen LogP contribution in [0.15, 0.2) is 30.5 Å². The zero-order chi connectivity index (χ0) is 17.6. The van der Waals surface area contributed by atoms with Gasteiger partial charge in [-0.2, -0.15) is 0 Å². The molecule has 3 heterocycles. The van der Waals surface area contributed by atoms with Crippen molar-refractivity contribution in [3.05, 3.63) is 53.1 Å². The van der Waals surface area contributed by atoms with Gasteiger partial charge in [0.1, 0.15) is 0 Å². The van der Waals surface area contributed by atoms with Crippen LogP contribution in [-0.4, -0.2) is 25.6 Å². The molecular formula is C20H26N4S. The Morgan fingerprint density at radius 3 is 2.56 bits per heavy atom. The van der Waals surface area contributed by atoms with Gasteiger partial charge < -0.3 is 14.8 Å². The van der Waals surface area contributed by atoms with Gasteiger partial charge in [-0.3, -0.25) is 4.98 Å². The molecular weight excluding hydrogens is 328 g/mol. The van der Waals surface area contributed by atoms with Gasteiger partial charge in [0.25, 0.3) is 0 Å². The number of hydrogen-bond acceptors (Lipinski definition) is 2. The molecule has 2 aromatic heterocycles. The number of thiocarbonyl (C=S) groups is 1. The smallest absolute Gasteiger partial charge is 0.170 e. The van der Waals surface area contributed by atoms with Crippen LogP contribution in [0.2, 0.25) is 0 Å². The van der Waals surface area contributed by atoms with Gasteiger partial charge in [-0.15, -0.1) is 0 Å². The Morgan fingerprint density at radius 1 is 1.20 bits per heavy atom. The summed E-state index contributed by atoms with van der Waals surface area (Å²) >= 11 is 5.79. The first-order chi connectivity index (χ1) is 12.1. The van der Waals surface area contributed by atoms with E-state index in [-0.39, 0.29) is 12.1 Å². The van der Waals surface area contributed by atoms with E-state index in [0.29, 0.717) is 6.04 Å². The second-order valence-electron chi connectivity index (χ2n) is 7.36. The maximum Gasteiger partial charge on any atom is 0.170 e. The molecule has 5 heteroatoms. The van der Waals surface area contributed by atoms with E-state index in [1.165, 1.54) is 42.6 Å². The minimum absolute atomic E-state index is 0.106. The first-order valence-electron chi connectivity index (χ1n) is 9.20. The molecule has 2 atom stereocenters. The maximum absolute atomic E-state index is 5.79. The summed E-state index contributed by atoms with van der Waals surface area (Å²) in [6.07, 6.45) is 6.95. The Bertz CT molecular complexity index is 776. The molecule has 2 aliphatic rings. The highest BCUT2D eigenvalue weighted by atomic mass is 32.1. The number of nitrogens with one attached hydrogen (secondary N) is 1. The summed E-state index contributed by atoms with van der Waals surface area (Å²) in [6, 6.07) is 9.33. The van der Waals surface area contributed by atoms with E-state index in [4.69, 9.17) is 12.2 Å². The second-order valence-corrected chi connectivity index (χ2v) is 7.74. The number of nitrogens with zero attached hydrogens (tertiary/aromatic N) is 3. The van der Waals surface area contributed by atoms with Crippen molar-refractivity contribution in [3.63, 3.8) is 0 Å². The van der Waals surface area contributed by atoms with E-state index in [2.05, 4.69) is 58.9 Å². The molecule has 4 rings (SSSR count). The number of pyridine rings is 1. The molecule has 0 amide bonds. The Balaban J connectivity index is 1.81. The van der Waals surface area contributed by atoms with Crippen molar-refractivity contribution in [2.75, 3.05) is 0 Å². The van der Waals surface area contributed by atoms with E-state index < -0.39 is 0 Å². The van der Waals surface area contributed by atoms with Gasteiger partial charge in [0.2, 0.25) is 0 Å². The van der Waals surface area contributed by atoms with Crippen LogP contribution < -0.4 is 5.32 Å². The van der Waals surface area contributed by atoms with Crippen LogP contribution in [-0.2, 0) is 7.05 Å². The first-order valence-corrected chi connectivity index (χ1v) is 9.61. The third-order valence-electron chi connectivity index (χ3n) is 5.99. The van der Waals surface area contributed by atoms with Crippen LogP contribution in [0.1, 0.15) is 60.4 Å². The molecule has 1 aliphatic carbocycles. The number of aromatic nitrogens is 2. The maximum atomic E-state index is 5.79. The minimum Gasteiger partial charge on any atom is -0.352 e. The summed E-state index contributed by atoms with van der Waals surface area (Å²) in [6.45, 7) is 4.39. The SMILES string of the molecule is Cc1cc([C@H]2[C@H](c3ccccn3)NC(=S)N2C2CCCC2)c(C)n1C. The lowest BCUT2D eigenvalue weighted by Crippen LogP contribution is -2.37. The van der Waals surface area contributed by atoms with Gasteiger partial charge >= 0.3 is 0 Å². The van der Waals surface area contributed by atoms with Crippen LogP contribution in [0.4, 0.5) is 0 Å². The number of hydrogen-bond donors (Lipinski definition) is 1. The van der Waals surface area contributed by atoms with Crippen LogP contribution in [0, 0.1) is 13.8 Å². The molecule has 4 nitrogen and oxygen atoms in total. The van der Waals surface area contributed by atoms with E-state index in [1.807, 2.05) is 12.3 Å². The average molecular weight is 355 g/mol.